The highest BCUT2D eigenvalue weighted by Crippen LogP contribution is 2.32. The maximum atomic E-state index is 13.5. The monoisotopic (exact) mass is 504 g/mol. The number of carbonyl (C=O) groups is 3. The van der Waals surface area contributed by atoms with Crippen molar-refractivity contribution in [3.63, 3.8) is 0 Å². The summed E-state index contributed by atoms with van der Waals surface area (Å²) in [5, 5.41) is 19.1. The molecule has 36 heavy (non-hydrogen) atoms. The standard InChI is InChI=1S/C27H44N4O5/c1-6-18(3)23(27(35)31(5)24(19(4)33)26(34)29-7-2)30-16-22-14-13-21-11-8-10-20(25(21)36-22)12-9-15-28-17-32/h8,10-11,17-19,22-24,30,33H,6-7,9,12-16H2,1-5H3,(H,28,32)(H,29,34). The first-order chi connectivity index (χ1) is 17.2. The number of aliphatic hydroxyl groups excluding tert-OH is 1. The Morgan fingerprint density at radius 1 is 1.28 bits per heavy atom. The van der Waals surface area contributed by atoms with Crippen molar-refractivity contribution in [2.45, 2.75) is 84.1 Å². The molecule has 2 rings (SSSR count). The van der Waals surface area contributed by atoms with Crippen LogP contribution in [0.2, 0.25) is 0 Å². The van der Waals surface area contributed by atoms with Gasteiger partial charge in [0.05, 0.1) is 12.1 Å². The molecule has 202 valence electrons. The molecule has 0 radical (unpaired) electrons. The lowest BCUT2D eigenvalue weighted by Crippen LogP contribution is -2.59. The molecule has 0 spiro atoms. The largest absolute Gasteiger partial charge is 0.489 e. The van der Waals surface area contributed by atoms with Gasteiger partial charge >= 0.3 is 0 Å². The molecule has 0 aliphatic carbocycles. The van der Waals surface area contributed by atoms with Gasteiger partial charge in [-0.1, -0.05) is 38.5 Å². The number of hydrogen-bond acceptors (Lipinski definition) is 6. The van der Waals surface area contributed by atoms with Crippen molar-refractivity contribution >= 4 is 18.2 Å². The number of aryl methyl sites for hydroxylation is 2. The molecule has 4 N–H and O–H groups in total. The number of rotatable bonds is 15. The lowest BCUT2D eigenvalue weighted by molar-refractivity contribution is -0.145. The molecule has 1 aliphatic heterocycles. The third kappa shape index (κ3) is 7.93. The fourth-order valence-corrected chi connectivity index (χ4v) is 4.69. The Labute approximate surface area is 215 Å². The third-order valence-corrected chi connectivity index (χ3v) is 6.93. The van der Waals surface area contributed by atoms with Crippen LogP contribution in [-0.4, -0.2) is 79.2 Å². The van der Waals surface area contributed by atoms with Crippen LogP contribution in [0.25, 0.3) is 0 Å². The van der Waals surface area contributed by atoms with E-state index in [1.165, 1.54) is 17.4 Å². The van der Waals surface area contributed by atoms with E-state index < -0.39 is 18.2 Å². The molecule has 5 unspecified atom stereocenters. The highest BCUT2D eigenvalue weighted by Gasteiger charge is 2.36. The molecule has 1 aromatic rings. The zero-order chi connectivity index (χ0) is 26.7. The first-order valence-corrected chi connectivity index (χ1v) is 13.1. The number of benzene rings is 1. The van der Waals surface area contributed by atoms with Gasteiger partial charge < -0.3 is 30.7 Å². The summed E-state index contributed by atoms with van der Waals surface area (Å²) in [7, 11) is 1.57. The number of para-hydroxylation sites is 1. The molecule has 1 aliphatic rings. The zero-order valence-corrected chi connectivity index (χ0v) is 22.4. The molecule has 0 saturated carbocycles. The molecule has 0 saturated heterocycles. The van der Waals surface area contributed by atoms with Crippen molar-refractivity contribution in [2.75, 3.05) is 26.7 Å². The normalized spacial score (nSPS) is 18.1. The van der Waals surface area contributed by atoms with Gasteiger partial charge in [-0.15, -0.1) is 0 Å². The van der Waals surface area contributed by atoms with E-state index in [0.29, 0.717) is 26.0 Å². The van der Waals surface area contributed by atoms with Crippen LogP contribution in [0.4, 0.5) is 0 Å². The van der Waals surface area contributed by atoms with Gasteiger partial charge in [-0.25, -0.2) is 0 Å². The van der Waals surface area contributed by atoms with Crippen molar-refractivity contribution < 1.29 is 24.2 Å². The third-order valence-electron chi connectivity index (χ3n) is 6.93. The van der Waals surface area contributed by atoms with E-state index in [4.69, 9.17) is 4.74 Å². The second kappa shape index (κ2) is 14.8. The molecule has 5 atom stereocenters. The Kier molecular flexibility index (Phi) is 12.2. The summed E-state index contributed by atoms with van der Waals surface area (Å²) in [6.45, 7) is 8.90. The minimum atomic E-state index is -0.999. The Balaban J connectivity index is 2.09. The number of hydrogen-bond donors (Lipinski definition) is 4. The molecule has 9 heteroatoms. The SMILES string of the molecule is CCNC(=O)C(C(C)O)N(C)C(=O)C(NCC1CCc2cccc(CCCNC=O)c2O1)C(C)CC. The van der Waals surface area contributed by atoms with Crippen molar-refractivity contribution in [1.29, 1.82) is 0 Å². The maximum Gasteiger partial charge on any atom is 0.245 e. The number of amides is 3. The first kappa shape index (κ1) is 29.6. The highest BCUT2D eigenvalue weighted by molar-refractivity contribution is 5.90. The molecule has 0 bridgehead atoms. The Hall–Kier alpha value is -2.65. The number of nitrogens with one attached hydrogen (secondary N) is 3. The lowest BCUT2D eigenvalue weighted by atomic mass is 9.95. The number of carbonyl (C=O) groups excluding carboxylic acids is 3. The van der Waals surface area contributed by atoms with Gasteiger partial charge in [0.25, 0.3) is 0 Å². The molecule has 3 amide bonds. The Bertz CT molecular complexity index is 863. The maximum absolute atomic E-state index is 13.5. The minimum Gasteiger partial charge on any atom is -0.489 e. The fourth-order valence-electron chi connectivity index (χ4n) is 4.69. The van der Waals surface area contributed by atoms with Gasteiger partial charge in [0.2, 0.25) is 18.2 Å². The van der Waals surface area contributed by atoms with Gasteiger partial charge in [0.1, 0.15) is 17.9 Å². The predicted molar refractivity (Wildman–Crippen MR) is 140 cm³/mol. The number of nitrogens with zero attached hydrogens (tertiary/aromatic N) is 1. The molecule has 1 aromatic carbocycles. The number of fused-ring (bicyclic) bond motifs is 1. The van der Waals surface area contributed by atoms with E-state index >= 15 is 0 Å². The molecular formula is C27H44N4O5. The van der Waals surface area contributed by atoms with E-state index in [9.17, 15) is 19.5 Å². The van der Waals surface area contributed by atoms with Crippen LogP contribution in [0, 0.1) is 5.92 Å². The average Bonchev–Trinajstić information content (AvgIpc) is 2.86. The van der Waals surface area contributed by atoms with Crippen LogP contribution in [0.3, 0.4) is 0 Å². The van der Waals surface area contributed by atoms with Crippen LogP contribution in [0.15, 0.2) is 18.2 Å². The van der Waals surface area contributed by atoms with Gasteiger partial charge in [0, 0.05) is 26.7 Å². The Morgan fingerprint density at radius 2 is 2.03 bits per heavy atom. The molecule has 1 heterocycles. The zero-order valence-electron chi connectivity index (χ0n) is 22.4. The topological polar surface area (TPSA) is 120 Å². The quantitative estimate of drug-likeness (QED) is 0.212. The van der Waals surface area contributed by atoms with E-state index in [2.05, 4.69) is 28.1 Å². The first-order valence-electron chi connectivity index (χ1n) is 13.1. The second-order valence-corrected chi connectivity index (χ2v) is 9.66. The molecule has 0 aromatic heterocycles. The summed E-state index contributed by atoms with van der Waals surface area (Å²) in [6, 6.07) is 4.73. The number of ether oxygens (including phenoxy) is 1. The summed E-state index contributed by atoms with van der Waals surface area (Å²) in [4.78, 5) is 37.9. The number of likely N-dealkylation sites (N-methyl/N-ethyl adjacent to an activating group) is 2. The van der Waals surface area contributed by atoms with Crippen LogP contribution in [0.1, 0.15) is 58.1 Å². The van der Waals surface area contributed by atoms with Crippen LogP contribution < -0.4 is 20.7 Å². The molecule has 0 fully saturated rings. The average molecular weight is 505 g/mol. The van der Waals surface area contributed by atoms with Crippen molar-refractivity contribution in [1.82, 2.24) is 20.9 Å². The summed E-state index contributed by atoms with van der Waals surface area (Å²) in [5.41, 5.74) is 2.31. The number of aliphatic hydroxyl groups is 1. The van der Waals surface area contributed by atoms with Gasteiger partial charge in [-0.05, 0) is 56.6 Å². The van der Waals surface area contributed by atoms with Crippen molar-refractivity contribution in [3.05, 3.63) is 29.3 Å². The van der Waals surface area contributed by atoms with Gasteiger partial charge in [-0.3, -0.25) is 14.4 Å². The summed E-state index contributed by atoms with van der Waals surface area (Å²) < 4.78 is 6.40. The van der Waals surface area contributed by atoms with Crippen molar-refractivity contribution in [2.24, 2.45) is 5.92 Å². The summed E-state index contributed by atoms with van der Waals surface area (Å²) >= 11 is 0. The minimum absolute atomic E-state index is 0.0283. The van der Waals surface area contributed by atoms with E-state index in [0.717, 1.165) is 43.4 Å². The van der Waals surface area contributed by atoms with Crippen LogP contribution in [-0.2, 0) is 27.2 Å². The van der Waals surface area contributed by atoms with E-state index in [-0.39, 0.29) is 23.8 Å². The second-order valence-electron chi connectivity index (χ2n) is 9.66. The highest BCUT2D eigenvalue weighted by atomic mass is 16.5. The molecule has 9 nitrogen and oxygen atoms in total. The van der Waals surface area contributed by atoms with E-state index in [1.54, 1.807) is 14.0 Å². The smallest absolute Gasteiger partial charge is 0.245 e. The van der Waals surface area contributed by atoms with Gasteiger partial charge in [-0.2, -0.15) is 0 Å². The fraction of sp³-hybridized carbons (Fsp3) is 0.667. The predicted octanol–water partition coefficient (Wildman–Crippen LogP) is 1.41. The van der Waals surface area contributed by atoms with Crippen LogP contribution in [0.5, 0.6) is 5.75 Å². The molecular weight excluding hydrogens is 460 g/mol. The summed E-state index contributed by atoms with van der Waals surface area (Å²) in [5.74, 6) is 0.353. The van der Waals surface area contributed by atoms with Gasteiger partial charge in [0.15, 0.2) is 0 Å². The Morgan fingerprint density at radius 3 is 2.67 bits per heavy atom. The van der Waals surface area contributed by atoms with E-state index in [1.807, 2.05) is 19.9 Å². The lowest BCUT2D eigenvalue weighted by Gasteiger charge is -2.35. The summed E-state index contributed by atoms with van der Waals surface area (Å²) in [6.07, 6.45) is 3.77. The van der Waals surface area contributed by atoms with Crippen molar-refractivity contribution in [3.8, 4) is 5.75 Å². The van der Waals surface area contributed by atoms with Crippen LogP contribution >= 0.6 is 0 Å².